The Morgan fingerprint density at radius 1 is 1.20 bits per heavy atom. The number of hydrogen-bond donors (Lipinski definition) is 3. The van der Waals surface area contributed by atoms with Gasteiger partial charge < -0.3 is 16.1 Å². The molecule has 0 spiro atoms. The summed E-state index contributed by atoms with van der Waals surface area (Å²) in [4.78, 5) is 21.6. The topological polar surface area (TPSA) is 77.8 Å². The zero-order chi connectivity index (χ0) is 8.08. The van der Waals surface area contributed by atoms with E-state index in [2.05, 4.69) is 0 Å². The van der Waals surface area contributed by atoms with Gasteiger partial charge in [-0.2, -0.15) is 0 Å². The van der Waals surface area contributed by atoms with Crippen LogP contribution in [-0.4, -0.2) is 14.7 Å². The normalized spacial score (nSPS) is 9.50. The van der Waals surface area contributed by atoms with E-state index in [1.807, 2.05) is 0 Å². The summed E-state index contributed by atoms with van der Waals surface area (Å²) >= 11 is -4.54. The molecule has 0 unspecified atom stereocenters. The predicted octanol–water partition coefficient (Wildman–Crippen LogP) is -2.55. The van der Waals surface area contributed by atoms with Crippen LogP contribution in [0.4, 0.5) is 10.6 Å². The van der Waals surface area contributed by atoms with Crippen LogP contribution in [0.15, 0.2) is 0 Å². The van der Waals surface area contributed by atoms with Gasteiger partial charge in [-0.3, -0.25) is 0 Å². The van der Waals surface area contributed by atoms with E-state index >= 15 is 0 Å². The van der Waals surface area contributed by atoms with Crippen LogP contribution in [0.2, 0.25) is 0 Å². The fraction of sp³-hybridized carbons (Fsp3) is 0. The van der Waals surface area contributed by atoms with Crippen LogP contribution < -0.4 is 29.6 Å². The second kappa shape index (κ2) is 8.53. The molecule has 0 rings (SSSR count). The van der Waals surface area contributed by atoms with E-state index in [4.69, 9.17) is 19.2 Å². The van der Waals surface area contributed by atoms with E-state index in [1.54, 1.807) is 0 Å². The minimum absolute atomic E-state index is 0. The molecule has 0 bridgehead atoms. The van der Waals surface area contributed by atoms with Gasteiger partial charge >= 0.3 is 63.5 Å². The molecule has 0 aromatic heterocycles. The van der Waals surface area contributed by atoms with Crippen LogP contribution in [0.3, 0.4) is 0 Å². The Labute approximate surface area is 83.9 Å². The van der Waals surface area contributed by atoms with Crippen molar-refractivity contribution < 1.29 is 76.3 Å². The molecule has 0 saturated carbocycles. The van der Waals surface area contributed by atoms with Crippen LogP contribution in [0.1, 0.15) is 1.43 Å². The second-order valence-corrected chi connectivity index (χ2v) is 2.26. The summed E-state index contributed by atoms with van der Waals surface area (Å²) in [7, 11) is -4.64. The van der Waals surface area contributed by atoms with Crippen molar-refractivity contribution in [1.82, 2.24) is 0 Å². The van der Waals surface area contributed by atoms with Crippen LogP contribution in [0, 0.1) is 0 Å². The van der Waals surface area contributed by atoms with Gasteiger partial charge in [0, 0.05) is 0 Å². The van der Waals surface area contributed by atoms with E-state index in [9.17, 15) is 10.6 Å². The van der Waals surface area contributed by atoms with Gasteiger partial charge in [-0.25, -0.2) is 4.57 Å². The number of phosphoric acid groups is 1. The summed E-state index contributed by atoms with van der Waals surface area (Å²) < 4.78 is 38.3. The maximum atomic E-state index is 9.79. The van der Waals surface area contributed by atoms with Crippen LogP contribution in [0.5, 0.6) is 0 Å². The van der Waals surface area contributed by atoms with Gasteiger partial charge in [-0.05, 0) is 0 Å². The zero-order valence-electron chi connectivity index (χ0n) is 5.74. The molecule has 3 N–H and O–H groups in total. The standard InChI is InChI=1S/Cr.3FH.Na.H3O4P.H/c;;;;;1-5(2,3)4;/h;3*1H;;(H3,1,2,3,4);/q+3;;;;+1;;-1/p-3. The first kappa shape index (κ1) is 17.5. The van der Waals surface area contributed by atoms with Gasteiger partial charge in [0.25, 0.3) is 0 Å². The summed E-state index contributed by atoms with van der Waals surface area (Å²) in [6.45, 7) is 0. The molecule has 4 nitrogen and oxygen atoms in total. The fourth-order valence-corrected chi connectivity index (χ4v) is 0. The average molecular weight is 231 g/mol. The number of halogens is 3. The van der Waals surface area contributed by atoms with Crippen molar-refractivity contribution in [3.63, 3.8) is 0 Å². The van der Waals surface area contributed by atoms with E-state index in [0.29, 0.717) is 0 Å². The number of hydrogen-bond acceptors (Lipinski definition) is 1. The molecule has 61 valence electrons. The molecule has 0 aromatic carbocycles. The van der Waals surface area contributed by atoms with E-state index in [-0.39, 0.29) is 31.0 Å². The van der Waals surface area contributed by atoms with Crippen LogP contribution in [-0.2, 0) is 20.1 Å². The first-order valence-corrected chi connectivity index (χ1v) is 4.26. The summed E-state index contributed by atoms with van der Waals surface area (Å²) in [6.07, 6.45) is 0. The third-order valence-corrected chi connectivity index (χ3v) is 0. The predicted molar refractivity (Wildman–Crippen MR) is 18.7 cm³/mol. The van der Waals surface area contributed by atoms with Crippen LogP contribution >= 0.6 is 7.82 Å². The van der Waals surface area contributed by atoms with Crippen molar-refractivity contribution in [2.75, 3.05) is 0 Å². The van der Waals surface area contributed by atoms with Crippen molar-refractivity contribution in [2.45, 2.75) is 0 Å². The van der Waals surface area contributed by atoms with E-state index in [0.717, 1.165) is 0 Å². The molecule has 0 aromatic rings. The van der Waals surface area contributed by atoms with Gasteiger partial charge in [0.2, 0.25) is 0 Å². The van der Waals surface area contributed by atoms with Gasteiger partial charge in [-0.15, -0.1) is 0 Å². The summed E-state index contributed by atoms with van der Waals surface area (Å²) in [6, 6.07) is 0. The van der Waals surface area contributed by atoms with Crippen molar-refractivity contribution in [3.8, 4) is 0 Å². The van der Waals surface area contributed by atoms with Gasteiger partial charge in [0.15, 0.2) is 0 Å². The Morgan fingerprint density at radius 3 is 1.20 bits per heavy atom. The minimum Gasteiger partial charge on any atom is -1.00 e. The first-order valence-electron chi connectivity index (χ1n) is 1.25. The molecule has 0 radical (unpaired) electrons. The largest absolute Gasteiger partial charge is 1.00 e. The summed E-state index contributed by atoms with van der Waals surface area (Å²) in [5.41, 5.74) is 0. The molecular formula is H4CrF3NaO4P. The smallest absolute Gasteiger partial charge is 1.00 e. The quantitative estimate of drug-likeness (QED) is 0.316. The van der Waals surface area contributed by atoms with Crippen LogP contribution in [0.25, 0.3) is 0 Å². The van der Waals surface area contributed by atoms with Crippen molar-refractivity contribution in [1.29, 1.82) is 0 Å². The van der Waals surface area contributed by atoms with Crippen molar-refractivity contribution >= 4 is 7.82 Å². The molecule has 0 atom stereocenters. The average Bonchev–Trinajstić information content (AvgIpc) is 1.19. The Hall–Kier alpha value is 1.43. The first-order chi connectivity index (χ1) is 3.73. The minimum atomic E-state index is -4.64. The molecule has 10 heavy (non-hydrogen) atoms. The van der Waals surface area contributed by atoms with E-state index in [1.165, 1.54) is 0 Å². The molecule has 10 heteroatoms. The fourth-order valence-electron chi connectivity index (χ4n) is 0. The molecular weight excluding hydrogens is 227 g/mol. The van der Waals surface area contributed by atoms with Gasteiger partial charge in [0.1, 0.15) is 0 Å². The maximum absolute atomic E-state index is 9.79. The van der Waals surface area contributed by atoms with Crippen molar-refractivity contribution in [3.05, 3.63) is 0 Å². The summed E-state index contributed by atoms with van der Waals surface area (Å²) in [5.74, 6) is 0. The SMILES string of the molecule is O=P(O)(O)O.[F][Cr]([F])[F].[H-].[Na+]. The monoisotopic (exact) mass is 231 g/mol. The van der Waals surface area contributed by atoms with Crippen molar-refractivity contribution in [2.24, 2.45) is 0 Å². The van der Waals surface area contributed by atoms with E-state index < -0.39 is 23.4 Å². The molecule has 0 saturated heterocycles. The van der Waals surface area contributed by atoms with Gasteiger partial charge in [0.05, 0.1) is 0 Å². The summed E-state index contributed by atoms with van der Waals surface area (Å²) in [5, 5.41) is 0. The molecule has 0 fully saturated rings. The van der Waals surface area contributed by atoms with Gasteiger partial charge in [-0.1, -0.05) is 0 Å². The third kappa shape index (κ3) is 327. The second-order valence-electron chi connectivity index (χ2n) is 0.688. The molecule has 0 aliphatic heterocycles. The zero-order valence-corrected chi connectivity index (χ0v) is 8.91. The number of rotatable bonds is 0. The Balaban J connectivity index is -0.0000000383. The molecule has 0 aliphatic carbocycles. The molecule has 0 heterocycles. The maximum Gasteiger partial charge on any atom is 1.00 e. The Bertz CT molecular complexity index is 96.5. The molecule has 0 amide bonds. The molecule has 0 aliphatic rings. The Morgan fingerprint density at radius 2 is 1.20 bits per heavy atom. The Kier molecular flexibility index (Phi) is 14.9. The third-order valence-electron chi connectivity index (χ3n) is 0.